The second-order valence-electron chi connectivity index (χ2n) is 4.56. The van der Waals surface area contributed by atoms with Gasteiger partial charge in [-0.3, -0.25) is 9.89 Å². The summed E-state index contributed by atoms with van der Waals surface area (Å²) in [6.07, 6.45) is -6.79. The number of nitrogens with zero attached hydrogens (tertiary/aromatic N) is 2. The van der Waals surface area contributed by atoms with Crippen molar-refractivity contribution in [2.45, 2.75) is 18.8 Å². The van der Waals surface area contributed by atoms with E-state index in [1.165, 1.54) is 24.3 Å². The fourth-order valence-electron chi connectivity index (χ4n) is 1.79. The van der Waals surface area contributed by atoms with Gasteiger partial charge in [-0.25, -0.2) is 0 Å². The van der Waals surface area contributed by atoms with Crippen LogP contribution in [0.25, 0.3) is 0 Å². The topological polar surface area (TPSA) is 106 Å². The maximum atomic E-state index is 13.0. The average molecular weight is 329 g/mol. The second-order valence-corrected chi connectivity index (χ2v) is 4.56. The van der Waals surface area contributed by atoms with Gasteiger partial charge in [0.15, 0.2) is 6.10 Å². The van der Waals surface area contributed by atoms with Gasteiger partial charge in [-0.2, -0.15) is 18.2 Å². The van der Waals surface area contributed by atoms with E-state index in [0.29, 0.717) is 0 Å². The van der Waals surface area contributed by atoms with Crippen LogP contribution in [0.3, 0.4) is 0 Å². The minimum Gasteiger partial charge on any atom is -0.367 e. The Balaban J connectivity index is 1.89. The molecule has 23 heavy (non-hydrogen) atoms. The molecule has 0 unspecified atom stereocenters. The van der Waals surface area contributed by atoms with Crippen molar-refractivity contribution in [1.29, 1.82) is 0 Å². The molecule has 1 aromatic carbocycles. The molecule has 2 rings (SSSR count). The smallest absolute Gasteiger partial charge is 0.367 e. The summed E-state index contributed by atoms with van der Waals surface area (Å²) in [5.41, 5.74) is 5.21. The zero-order chi connectivity index (χ0) is 16.9. The number of nitrogens with one attached hydrogen (secondary N) is 2. The number of nitrogens with two attached hydrogens (primary N) is 1. The number of aromatic amines is 1. The first-order valence-electron chi connectivity index (χ1n) is 6.53. The Morgan fingerprint density at radius 3 is 2.61 bits per heavy atom. The van der Waals surface area contributed by atoms with Crippen LogP contribution in [0, 0.1) is 0 Å². The zero-order valence-corrected chi connectivity index (χ0v) is 11.8. The average Bonchev–Trinajstić information content (AvgIpc) is 2.91. The summed E-state index contributed by atoms with van der Waals surface area (Å²) in [7, 11) is 0. The molecule has 0 fully saturated rings. The van der Waals surface area contributed by atoms with Crippen LogP contribution in [0.2, 0.25) is 0 Å². The van der Waals surface area contributed by atoms with Crippen LogP contribution in [0.5, 0.6) is 0 Å². The predicted octanol–water partition coefficient (Wildman–Crippen LogP) is 1.32. The number of nitrogen functional groups attached to an aromatic ring is 1. The number of alkyl halides is 3. The predicted molar refractivity (Wildman–Crippen MR) is 73.8 cm³/mol. The van der Waals surface area contributed by atoms with Crippen molar-refractivity contribution >= 4 is 11.9 Å². The molecule has 0 radical (unpaired) electrons. The van der Waals surface area contributed by atoms with Crippen LogP contribution in [-0.4, -0.2) is 33.9 Å². The van der Waals surface area contributed by atoms with E-state index in [2.05, 4.69) is 20.5 Å². The van der Waals surface area contributed by atoms with Gasteiger partial charge < -0.3 is 15.8 Å². The largest absolute Gasteiger partial charge is 0.418 e. The Morgan fingerprint density at radius 2 is 2.04 bits per heavy atom. The molecule has 2 aromatic rings. The Hall–Kier alpha value is -2.62. The highest BCUT2D eigenvalue weighted by atomic mass is 19.4. The highest BCUT2D eigenvalue weighted by molar-refractivity contribution is 5.77. The first-order chi connectivity index (χ1) is 10.9. The Labute approximate surface area is 129 Å². The molecule has 0 bridgehead atoms. The lowest BCUT2D eigenvalue weighted by Gasteiger charge is -2.20. The number of anilines is 1. The van der Waals surface area contributed by atoms with E-state index in [9.17, 15) is 18.0 Å². The van der Waals surface area contributed by atoms with Gasteiger partial charge in [0.05, 0.1) is 6.54 Å². The summed E-state index contributed by atoms with van der Waals surface area (Å²) in [5.74, 6) is -0.428. The van der Waals surface area contributed by atoms with Crippen molar-refractivity contribution in [3.63, 3.8) is 0 Å². The normalized spacial score (nSPS) is 12.8. The standard InChI is InChI=1S/C13H14F3N5O2/c14-13(15,16)11(8-4-2-1-3-5-8)23-7-10(22)18-6-9-19-12(17)21-20-9/h1-5,11H,6-7H2,(H,18,22)(H3,17,19,20,21)/t11-/m0/s1. The highest BCUT2D eigenvalue weighted by Gasteiger charge is 2.42. The number of rotatable bonds is 6. The molecule has 1 heterocycles. The minimum atomic E-state index is -4.62. The lowest BCUT2D eigenvalue weighted by atomic mass is 10.1. The Morgan fingerprint density at radius 1 is 1.35 bits per heavy atom. The van der Waals surface area contributed by atoms with Crippen LogP contribution in [0.1, 0.15) is 17.5 Å². The van der Waals surface area contributed by atoms with Crippen molar-refractivity contribution < 1.29 is 22.7 Å². The zero-order valence-electron chi connectivity index (χ0n) is 11.8. The van der Waals surface area contributed by atoms with Crippen molar-refractivity contribution in [1.82, 2.24) is 20.5 Å². The number of halogens is 3. The summed E-state index contributed by atoms with van der Waals surface area (Å²) < 4.78 is 43.8. The number of benzene rings is 1. The van der Waals surface area contributed by atoms with Gasteiger partial charge >= 0.3 is 6.18 Å². The third kappa shape index (κ3) is 4.95. The number of aromatic nitrogens is 3. The van der Waals surface area contributed by atoms with Gasteiger partial charge in [-0.15, -0.1) is 5.10 Å². The van der Waals surface area contributed by atoms with Crippen LogP contribution >= 0.6 is 0 Å². The highest BCUT2D eigenvalue weighted by Crippen LogP contribution is 2.35. The SMILES string of the molecule is Nc1n[nH]c(CNC(=O)CO[C@@H](c2ccccc2)C(F)(F)F)n1. The Kier molecular flexibility index (Phi) is 5.16. The van der Waals surface area contributed by atoms with Crippen LogP contribution in [0.15, 0.2) is 30.3 Å². The summed E-state index contributed by atoms with van der Waals surface area (Å²) >= 11 is 0. The van der Waals surface area contributed by atoms with Gasteiger partial charge in [0.25, 0.3) is 0 Å². The minimum absolute atomic E-state index is 0.00621. The number of carbonyl (C=O) groups is 1. The number of hydrogen-bond donors (Lipinski definition) is 3. The molecule has 1 amide bonds. The van der Waals surface area contributed by atoms with Gasteiger partial charge in [0.2, 0.25) is 11.9 Å². The van der Waals surface area contributed by atoms with E-state index in [1.54, 1.807) is 6.07 Å². The molecule has 1 aromatic heterocycles. The van der Waals surface area contributed by atoms with Gasteiger partial charge in [-0.05, 0) is 5.56 Å². The molecule has 0 saturated carbocycles. The third-order valence-corrected chi connectivity index (χ3v) is 2.78. The first kappa shape index (κ1) is 16.7. The lowest BCUT2D eigenvalue weighted by molar-refractivity contribution is -0.223. The van der Waals surface area contributed by atoms with Crippen molar-refractivity contribution in [2.75, 3.05) is 12.3 Å². The summed E-state index contributed by atoms with van der Waals surface area (Å²) in [4.78, 5) is 15.3. The molecule has 0 saturated heterocycles. The Bertz CT molecular complexity index is 645. The van der Waals surface area contributed by atoms with E-state index in [1.807, 2.05) is 0 Å². The fourth-order valence-corrected chi connectivity index (χ4v) is 1.79. The summed E-state index contributed by atoms with van der Waals surface area (Å²) in [6, 6.07) is 7.09. The fraction of sp³-hybridized carbons (Fsp3) is 0.308. The van der Waals surface area contributed by atoms with Gasteiger partial charge in [-0.1, -0.05) is 30.3 Å². The van der Waals surface area contributed by atoms with Crippen LogP contribution < -0.4 is 11.1 Å². The molecular formula is C13H14F3N5O2. The molecule has 0 aliphatic carbocycles. The van der Waals surface area contributed by atoms with E-state index >= 15 is 0 Å². The molecule has 1 atom stereocenters. The molecule has 0 spiro atoms. The molecule has 0 aliphatic heterocycles. The van der Waals surface area contributed by atoms with Crippen molar-refractivity contribution in [3.05, 3.63) is 41.7 Å². The summed E-state index contributed by atoms with van der Waals surface area (Å²) in [6.45, 7) is -0.795. The van der Waals surface area contributed by atoms with Crippen LogP contribution in [-0.2, 0) is 16.1 Å². The molecule has 4 N–H and O–H groups in total. The van der Waals surface area contributed by atoms with E-state index in [0.717, 1.165) is 0 Å². The number of carbonyl (C=O) groups excluding carboxylic acids is 1. The number of hydrogen-bond acceptors (Lipinski definition) is 5. The van der Waals surface area contributed by atoms with Gasteiger partial charge in [0, 0.05) is 0 Å². The van der Waals surface area contributed by atoms with E-state index in [-0.39, 0.29) is 23.9 Å². The number of amides is 1. The maximum absolute atomic E-state index is 13.0. The molecule has 124 valence electrons. The third-order valence-electron chi connectivity index (χ3n) is 2.78. The van der Waals surface area contributed by atoms with E-state index < -0.39 is 24.8 Å². The van der Waals surface area contributed by atoms with Crippen molar-refractivity contribution in [2.24, 2.45) is 0 Å². The number of H-pyrrole nitrogens is 1. The summed E-state index contributed by atoms with van der Waals surface area (Å²) in [5, 5.41) is 8.36. The van der Waals surface area contributed by atoms with Crippen LogP contribution in [0.4, 0.5) is 19.1 Å². The van der Waals surface area contributed by atoms with Crippen molar-refractivity contribution in [3.8, 4) is 0 Å². The van der Waals surface area contributed by atoms with E-state index in [4.69, 9.17) is 10.5 Å². The monoisotopic (exact) mass is 329 g/mol. The number of ether oxygens (including phenoxy) is 1. The molecular weight excluding hydrogens is 315 g/mol. The quantitative estimate of drug-likeness (QED) is 0.741. The maximum Gasteiger partial charge on any atom is 0.418 e. The van der Waals surface area contributed by atoms with Gasteiger partial charge in [0.1, 0.15) is 12.4 Å². The molecule has 0 aliphatic rings. The first-order valence-corrected chi connectivity index (χ1v) is 6.53. The molecule has 10 heteroatoms. The molecule has 7 nitrogen and oxygen atoms in total. The second kappa shape index (κ2) is 7.09. The lowest BCUT2D eigenvalue weighted by Crippen LogP contribution is -2.31.